The molecule has 0 spiro atoms. The van der Waals surface area contributed by atoms with E-state index in [1.54, 1.807) is 0 Å². The molecule has 0 aliphatic heterocycles. The number of hydrogen-bond donors (Lipinski definition) is 0. The van der Waals surface area contributed by atoms with Crippen LogP contribution in [0.5, 0.6) is 0 Å². The highest BCUT2D eigenvalue weighted by atomic mass is 35.5. The molecule has 0 N–H and O–H groups in total. The van der Waals surface area contributed by atoms with Crippen LogP contribution in [-0.2, 0) is 0 Å². The van der Waals surface area contributed by atoms with Crippen molar-refractivity contribution in [3.8, 4) is 11.3 Å². The molecule has 0 aliphatic rings. The third-order valence-corrected chi connectivity index (χ3v) is 3.33. The van der Waals surface area contributed by atoms with Crippen LogP contribution in [0.3, 0.4) is 0 Å². The van der Waals surface area contributed by atoms with Crippen LogP contribution in [-0.4, -0.2) is 9.97 Å². The highest BCUT2D eigenvalue weighted by Gasteiger charge is 2.08. The maximum atomic E-state index is 5.90. The lowest BCUT2D eigenvalue weighted by Gasteiger charge is -2.11. The zero-order valence-electron chi connectivity index (χ0n) is 10.5. The summed E-state index contributed by atoms with van der Waals surface area (Å²) < 4.78 is 0. The monoisotopic (exact) mass is 246 g/mol. The average Bonchev–Trinajstić information content (AvgIpc) is 2.24. The summed E-state index contributed by atoms with van der Waals surface area (Å²) in [5.41, 5.74) is 6.75. The van der Waals surface area contributed by atoms with Gasteiger partial charge in [-0.25, -0.2) is 9.97 Å². The SMILES string of the molecule is Cc1cc(-c2ccc(C)c(C)c2C)nc(Cl)n1. The number of aromatic nitrogens is 2. The second kappa shape index (κ2) is 4.46. The topological polar surface area (TPSA) is 25.8 Å². The molecule has 17 heavy (non-hydrogen) atoms. The number of aryl methyl sites for hydroxylation is 2. The van der Waals surface area contributed by atoms with Gasteiger partial charge in [0.2, 0.25) is 5.28 Å². The Morgan fingerprint density at radius 2 is 1.65 bits per heavy atom. The Morgan fingerprint density at radius 3 is 2.29 bits per heavy atom. The smallest absolute Gasteiger partial charge is 0.223 e. The molecule has 88 valence electrons. The minimum Gasteiger partial charge on any atom is -0.223 e. The van der Waals surface area contributed by atoms with E-state index in [0.29, 0.717) is 5.28 Å². The fourth-order valence-electron chi connectivity index (χ4n) is 1.90. The second-order valence-corrected chi connectivity index (χ2v) is 4.68. The highest BCUT2D eigenvalue weighted by Crippen LogP contribution is 2.26. The highest BCUT2D eigenvalue weighted by molar-refractivity contribution is 6.28. The van der Waals surface area contributed by atoms with Crippen LogP contribution in [0.4, 0.5) is 0 Å². The Bertz CT molecular complexity index is 556. The number of benzene rings is 1. The van der Waals surface area contributed by atoms with Crippen molar-refractivity contribution in [3.63, 3.8) is 0 Å². The van der Waals surface area contributed by atoms with Crippen LogP contribution >= 0.6 is 11.6 Å². The standard InChI is InChI=1S/C14H15ClN2/c1-8-5-6-12(11(4)10(8)3)13-7-9(2)16-14(15)17-13/h5-7H,1-4H3. The van der Waals surface area contributed by atoms with Gasteiger partial charge in [0, 0.05) is 11.3 Å². The lowest BCUT2D eigenvalue weighted by molar-refractivity contribution is 1.10. The van der Waals surface area contributed by atoms with Crippen molar-refractivity contribution in [2.75, 3.05) is 0 Å². The predicted octanol–water partition coefficient (Wildman–Crippen LogP) is 4.03. The molecule has 2 nitrogen and oxygen atoms in total. The Hall–Kier alpha value is -1.41. The van der Waals surface area contributed by atoms with Gasteiger partial charge in [-0.05, 0) is 62.1 Å². The molecule has 2 rings (SSSR count). The van der Waals surface area contributed by atoms with Gasteiger partial charge >= 0.3 is 0 Å². The lowest BCUT2D eigenvalue weighted by Crippen LogP contribution is -1.95. The van der Waals surface area contributed by atoms with Gasteiger partial charge in [-0.3, -0.25) is 0 Å². The Labute approximate surface area is 107 Å². The number of rotatable bonds is 1. The normalized spacial score (nSPS) is 10.6. The van der Waals surface area contributed by atoms with Gasteiger partial charge in [-0.1, -0.05) is 12.1 Å². The molecule has 0 saturated carbocycles. The van der Waals surface area contributed by atoms with Gasteiger partial charge in [0.15, 0.2) is 0 Å². The quantitative estimate of drug-likeness (QED) is 0.710. The Kier molecular flexibility index (Phi) is 3.16. The van der Waals surface area contributed by atoms with Crippen molar-refractivity contribution in [3.05, 3.63) is 45.9 Å². The van der Waals surface area contributed by atoms with E-state index in [2.05, 4.69) is 42.9 Å². The van der Waals surface area contributed by atoms with Crippen LogP contribution < -0.4 is 0 Å². The molecule has 1 heterocycles. The van der Waals surface area contributed by atoms with Crippen molar-refractivity contribution in [1.29, 1.82) is 0 Å². The number of nitrogens with zero attached hydrogens (tertiary/aromatic N) is 2. The van der Waals surface area contributed by atoms with Crippen LogP contribution in [0.1, 0.15) is 22.4 Å². The molecular formula is C14H15ClN2. The van der Waals surface area contributed by atoms with Gasteiger partial charge in [0.25, 0.3) is 0 Å². The zero-order chi connectivity index (χ0) is 12.6. The van der Waals surface area contributed by atoms with E-state index in [9.17, 15) is 0 Å². The van der Waals surface area contributed by atoms with Crippen LogP contribution in [0, 0.1) is 27.7 Å². The van der Waals surface area contributed by atoms with Gasteiger partial charge in [-0.2, -0.15) is 0 Å². The van der Waals surface area contributed by atoms with Gasteiger partial charge < -0.3 is 0 Å². The molecule has 0 amide bonds. The first-order valence-electron chi connectivity index (χ1n) is 5.57. The molecule has 2 aromatic rings. The van der Waals surface area contributed by atoms with Crippen LogP contribution in [0.25, 0.3) is 11.3 Å². The third kappa shape index (κ3) is 2.32. The lowest BCUT2D eigenvalue weighted by atomic mass is 9.97. The molecule has 0 fully saturated rings. The molecule has 3 heteroatoms. The summed E-state index contributed by atoms with van der Waals surface area (Å²) in [4.78, 5) is 8.37. The van der Waals surface area contributed by atoms with Gasteiger partial charge in [-0.15, -0.1) is 0 Å². The molecule has 0 radical (unpaired) electrons. The van der Waals surface area contributed by atoms with Crippen LogP contribution in [0.15, 0.2) is 18.2 Å². The van der Waals surface area contributed by atoms with Crippen molar-refractivity contribution >= 4 is 11.6 Å². The summed E-state index contributed by atoms with van der Waals surface area (Å²) in [7, 11) is 0. The zero-order valence-corrected chi connectivity index (χ0v) is 11.3. The summed E-state index contributed by atoms with van der Waals surface area (Å²) >= 11 is 5.90. The van der Waals surface area contributed by atoms with Crippen molar-refractivity contribution in [2.45, 2.75) is 27.7 Å². The van der Waals surface area contributed by atoms with Gasteiger partial charge in [0.05, 0.1) is 5.69 Å². The molecular weight excluding hydrogens is 232 g/mol. The van der Waals surface area contributed by atoms with Crippen molar-refractivity contribution in [1.82, 2.24) is 9.97 Å². The molecule has 0 bridgehead atoms. The summed E-state index contributed by atoms with van der Waals surface area (Å²) in [5, 5.41) is 0.303. The van der Waals surface area contributed by atoms with Crippen LogP contribution in [0.2, 0.25) is 5.28 Å². The third-order valence-electron chi connectivity index (χ3n) is 3.16. The van der Waals surface area contributed by atoms with E-state index in [0.717, 1.165) is 17.0 Å². The molecule has 0 aliphatic carbocycles. The Balaban J connectivity index is 2.64. The van der Waals surface area contributed by atoms with E-state index < -0.39 is 0 Å². The first-order valence-corrected chi connectivity index (χ1v) is 5.95. The first kappa shape index (κ1) is 12.1. The van der Waals surface area contributed by atoms with E-state index >= 15 is 0 Å². The largest absolute Gasteiger partial charge is 0.223 e. The van der Waals surface area contributed by atoms with E-state index in [1.807, 2.05) is 13.0 Å². The summed E-state index contributed by atoms with van der Waals surface area (Å²) in [6.07, 6.45) is 0. The predicted molar refractivity (Wildman–Crippen MR) is 71.4 cm³/mol. The molecule has 1 aromatic carbocycles. The number of hydrogen-bond acceptors (Lipinski definition) is 2. The number of halogens is 1. The average molecular weight is 247 g/mol. The minimum absolute atomic E-state index is 0.303. The molecule has 0 saturated heterocycles. The molecule has 0 unspecified atom stereocenters. The summed E-state index contributed by atoms with van der Waals surface area (Å²) in [6, 6.07) is 6.17. The van der Waals surface area contributed by atoms with E-state index in [-0.39, 0.29) is 0 Å². The fourth-order valence-corrected chi connectivity index (χ4v) is 2.13. The van der Waals surface area contributed by atoms with Crippen molar-refractivity contribution in [2.24, 2.45) is 0 Å². The molecule has 0 atom stereocenters. The van der Waals surface area contributed by atoms with Crippen molar-refractivity contribution < 1.29 is 0 Å². The maximum Gasteiger partial charge on any atom is 0.223 e. The summed E-state index contributed by atoms with van der Waals surface area (Å²) in [5.74, 6) is 0. The fraction of sp³-hybridized carbons (Fsp3) is 0.286. The minimum atomic E-state index is 0.303. The Morgan fingerprint density at radius 1 is 0.941 bits per heavy atom. The summed E-state index contributed by atoms with van der Waals surface area (Å²) in [6.45, 7) is 8.28. The van der Waals surface area contributed by atoms with E-state index in [1.165, 1.54) is 16.7 Å². The molecule has 1 aromatic heterocycles. The van der Waals surface area contributed by atoms with E-state index in [4.69, 9.17) is 11.6 Å². The second-order valence-electron chi connectivity index (χ2n) is 4.34. The maximum absolute atomic E-state index is 5.90. The first-order chi connectivity index (χ1) is 7.99. The van der Waals surface area contributed by atoms with Gasteiger partial charge in [0.1, 0.15) is 0 Å².